The second-order valence-corrected chi connectivity index (χ2v) is 19.3. The Morgan fingerprint density at radius 1 is 1.04 bits per heavy atom. The van der Waals surface area contributed by atoms with Crippen LogP contribution >= 0.6 is 0 Å². The Balaban J connectivity index is 2.44. The molecular formula is C19H31N3O2Sn. The molecule has 0 fully saturated rings. The summed E-state index contributed by atoms with van der Waals surface area (Å²) < 4.78 is 11.0. The quantitative estimate of drug-likeness (QED) is 0.446. The van der Waals surface area contributed by atoms with E-state index in [-0.39, 0.29) is 5.76 Å². The summed E-state index contributed by atoms with van der Waals surface area (Å²) in [4.78, 5) is 16.8. The maximum atomic E-state index is 12.7. The number of pyridine rings is 1. The molecule has 0 bridgehead atoms. The number of unbranched alkanes of at least 4 members (excludes halogenated alkanes) is 3. The van der Waals surface area contributed by atoms with Crippen molar-refractivity contribution in [3.8, 4) is 11.5 Å². The van der Waals surface area contributed by atoms with Crippen molar-refractivity contribution in [1.29, 1.82) is 0 Å². The zero-order valence-electron chi connectivity index (χ0n) is 15.8. The maximum absolute atomic E-state index is 12.7. The Bertz CT molecular complexity index is 660. The van der Waals surface area contributed by atoms with Gasteiger partial charge in [-0.1, -0.05) is 0 Å². The third-order valence-corrected chi connectivity index (χ3v) is 19.3. The van der Waals surface area contributed by atoms with Crippen molar-refractivity contribution < 1.29 is 4.42 Å². The Hall–Kier alpha value is -1.11. The van der Waals surface area contributed by atoms with E-state index in [1.165, 1.54) is 51.8 Å². The normalized spacial score (nSPS) is 11.8. The Morgan fingerprint density at radius 2 is 1.64 bits per heavy atom. The summed E-state index contributed by atoms with van der Waals surface area (Å²) in [5.41, 5.74) is 0.778. The molecule has 0 N–H and O–H groups in total. The summed E-state index contributed by atoms with van der Waals surface area (Å²) in [6, 6.07) is 3.74. The molecule has 2 rings (SSSR count). The molecule has 25 heavy (non-hydrogen) atoms. The van der Waals surface area contributed by atoms with Gasteiger partial charge in [-0.3, -0.25) is 0 Å². The Kier molecular flexibility index (Phi) is 8.19. The van der Waals surface area contributed by atoms with Gasteiger partial charge in [-0.15, -0.1) is 0 Å². The number of hydrogen-bond acceptors (Lipinski definition) is 4. The van der Waals surface area contributed by atoms with Crippen molar-refractivity contribution in [2.24, 2.45) is 0 Å². The van der Waals surface area contributed by atoms with Crippen LogP contribution < -0.4 is 5.76 Å². The first-order chi connectivity index (χ1) is 12.2. The van der Waals surface area contributed by atoms with Crippen LogP contribution in [0.5, 0.6) is 0 Å². The molecule has 0 saturated heterocycles. The van der Waals surface area contributed by atoms with Gasteiger partial charge >= 0.3 is 155 Å². The molecule has 0 aliphatic rings. The van der Waals surface area contributed by atoms with Crippen molar-refractivity contribution in [3.05, 3.63) is 35.1 Å². The SMILES string of the molecule is CCC[CH2][Sn]([CH2]CCC)([CH2]CCC)[n]1nc(-c2cccnc2)oc1=O. The van der Waals surface area contributed by atoms with Gasteiger partial charge in [0.25, 0.3) is 0 Å². The molecule has 0 spiro atoms. The second-order valence-electron chi connectivity index (χ2n) is 6.86. The van der Waals surface area contributed by atoms with Crippen LogP contribution in [0.4, 0.5) is 0 Å². The molecule has 0 aliphatic heterocycles. The first-order valence-corrected chi connectivity index (χ1v) is 17.0. The van der Waals surface area contributed by atoms with E-state index in [2.05, 4.69) is 25.8 Å². The van der Waals surface area contributed by atoms with Crippen LogP contribution in [0, 0.1) is 0 Å². The Labute approximate surface area is 155 Å². The van der Waals surface area contributed by atoms with Crippen LogP contribution in [0.3, 0.4) is 0 Å². The molecule has 0 saturated carbocycles. The predicted octanol–water partition coefficient (Wildman–Crippen LogP) is 5.09. The summed E-state index contributed by atoms with van der Waals surface area (Å²) in [7, 11) is 0. The molecular weight excluding hydrogens is 421 g/mol. The van der Waals surface area contributed by atoms with E-state index < -0.39 is 18.7 Å². The van der Waals surface area contributed by atoms with Crippen LogP contribution in [0.2, 0.25) is 13.3 Å². The van der Waals surface area contributed by atoms with Crippen LogP contribution in [-0.4, -0.2) is 31.6 Å². The zero-order chi connectivity index (χ0) is 18.1. The van der Waals surface area contributed by atoms with E-state index in [4.69, 9.17) is 9.52 Å². The molecule has 0 radical (unpaired) electrons. The molecule has 138 valence electrons. The summed E-state index contributed by atoms with van der Waals surface area (Å²) >= 11 is -2.92. The summed E-state index contributed by atoms with van der Waals surface area (Å²) in [6.45, 7) is 6.68. The molecule has 0 unspecified atom stereocenters. The first-order valence-electron chi connectivity index (χ1n) is 9.68. The monoisotopic (exact) mass is 453 g/mol. The van der Waals surface area contributed by atoms with Gasteiger partial charge in [-0.2, -0.15) is 0 Å². The fourth-order valence-corrected chi connectivity index (χ4v) is 18.1. The molecule has 0 atom stereocenters. The van der Waals surface area contributed by atoms with Crippen molar-refractivity contribution in [1.82, 2.24) is 13.0 Å². The molecule has 0 amide bonds. The number of aromatic nitrogens is 3. The summed E-state index contributed by atoms with van der Waals surface area (Å²) in [5.74, 6) is 0.168. The van der Waals surface area contributed by atoms with Gasteiger partial charge in [-0.25, -0.2) is 0 Å². The average Bonchev–Trinajstić information content (AvgIpc) is 3.05. The molecule has 2 aromatic rings. The topological polar surface area (TPSA) is 60.9 Å². The van der Waals surface area contributed by atoms with Crippen molar-refractivity contribution in [3.63, 3.8) is 0 Å². The summed E-state index contributed by atoms with van der Waals surface area (Å²) in [5, 5.41) is 4.70. The molecule has 5 nitrogen and oxygen atoms in total. The fourth-order valence-electron chi connectivity index (χ4n) is 3.39. The van der Waals surface area contributed by atoms with Crippen LogP contribution in [-0.2, 0) is 0 Å². The van der Waals surface area contributed by atoms with Crippen LogP contribution in [0.25, 0.3) is 11.5 Å². The van der Waals surface area contributed by atoms with Gasteiger partial charge in [0, 0.05) is 0 Å². The van der Waals surface area contributed by atoms with E-state index in [1.807, 2.05) is 15.0 Å². The van der Waals surface area contributed by atoms with Crippen LogP contribution in [0.1, 0.15) is 59.3 Å². The molecule has 0 aromatic carbocycles. The standard InChI is InChI=1S/C7H5N3O2.3C4H9.Sn/c11-7-10-9-6(12-7)5-2-1-3-8-4-5;3*1-3-4-2;/h1-4H,(H,10,11);3*1,3-4H2,2H3;/q;;;;+1/p-1. The first kappa shape index (κ1) is 20.2. The van der Waals surface area contributed by atoms with Crippen LogP contribution in [0.15, 0.2) is 33.7 Å². The van der Waals surface area contributed by atoms with Gasteiger partial charge in [0.1, 0.15) is 0 Å². The molecule has 6 heteroatoms. The van der Waals surface area contributed by atoms with E-state index >= 15 is 0 Å². The Morgan fingerprint density at radius 3 is 2.12 bits per heavy atom. The fraction of sp³-hybridized carbons (Fsp3) is 0.632. The van der Waals surface area contributed by atoms with E-state index in [0.717, 1.165) is 5.56 Å². The van der Waals surface area contributed by atoms with Crippen molar-refractivity contribution in [2.45, 2.75) is 72.6 Å². The minimum absolute atomic E-state index is 0.252. The van der Waals surface area contributed by atoms with E-state index in [1.54, 1.807) is 12.4 Å². The molecule has 2 aromatic heterocycles. The van der Waals surface area contributed by atoms with Crippen molar-refractivity contribution in [2.75, 3.05) is 0 Å². The predicted molar refractivity (Wildman–Crippen MR) is 104 cm³/mol. The summed E-state index contributed by atoms with van der Waals surface area (Å²) in [6.07, 6.45) is 10.5. The zero-order valence-corrected chi connectivity index (χ0v) is 18.7. The second kappa shape index (κ2) is 10.1. The number of hydrogen-bond donors (Lipinski definition) is 0. The van der Waals surface area contributed by atoms with Gasteiger partial charge in [0.15, 0.2) is 0 Å². The van der Waals surface area contributed by atoms with Gasteiger partial charge in [-0.05, 0) is 0 Å². The number of rotatable bonds is 11. The molecule has 2 heterocycles. The number of nitrogens with zero attached hydrogens (tertiary/aromatic N) is 3. The average molecular weight is 452 g/mol. The minimum atomic E-state index is -2.92. The third kappa shape index (κ3) is 5.18. The van der Waals surface area contributed by atoms with Gasteiger partial charge < -0.3 is 0 Å². The molecule has 0 aliphatic carbocycles. The van der Waals surface area contributed by atoms with Gasteiger partial charge in [0.2, 0.25) is 0 Å². The van der Waals surface area contributed by atoms with Crippen molar-refractivity contribution >= 4 is 18.7 Å². The van der Waals surface area contributed by atoms with E-state index in [9.17, 15) is 4.79 Å². The van der Waals surface area contributed by atoms with E-state index in [0.29, 0.717) is 5.89 Å². The van der Waals surface area contributed by atoms with Gasteiger partial charge in [0.05, 0.1) is 0 Å². The third-order valence-electron chi connectivity index (χ3n) is 4.89.